The van der Waals surface area contributed by atoms with Gasteiger partial charge in [-0.1, -0.05) is 19.0 Å². The van der Waals surface area contributed by atoms with Gasteiger partial charge in [-0.3, -0.25) is 9.69 Å². The largest absolute Gasteiger partial charge is 0.411 e. The first-order chi connectivity index (χ1) is 5.65. The first kappa shape index (κ1) is 11.1. The van der Waals surface area contributed by atoms with Crippen LogP contribution in [0.2, 0.25) is 0 Å². The average Bonchev–Trinajstić information content (AvgIpc) is 2.06. The van der Waals surface area contributed by atoms with Gasteiger partial charge in [0.25, 0.3) is 0 Å². The molecule has 0 unspecified atom stereocenters. The Balaban J connectivity index is 4.11. The predicted octanol–water partition coefficient (Wildman–Crippen LogP) is 0.747. The monoisotopic (exact) mass is 172 g/mol. The SMILES string of the molecule is CCN(CC)C/C(=N\O)C(C)=O. The molecule has 0 fully saturated rings. The lowest BCUT2D eigenvalue weighted by molar-refractivity contribution is -0.111. The maximum Gasteiger partial charge on any atom is 0.178 e. The van der Waals surface area contributed by atoms with Crippen molar-refractivity contribution in [2.75, 3.05) is 19.6 Å². The molecule has 0 aliphatic rings. The summed E-state index contributed by atoms with van der Waals surface area (Å²) in [6.45, 7) is 7.53. The highest BCUT2D eigenvalue weighted by atomic mass is 16.4. The van der Waals surface area contributed by atoms with Crippen molar-refractivity contribution in [3.05, 3.63) is 0 Å². The Morgan fingerprint density at radius 3 is 2.17 bits per heavy atom. The van der Waals surface area contributed by atoms with E-state index in [4.69, 9.17) is 5.21 Å². The highest BCUT2D eigenvalue weighted by Gasteiger charge is 2.09. The number of ketones is 1. The summed E-state index contributed by atoms with van der Waals surface area (Å²) >= 11 is 0. The molecule has 0 radical (unpaired) electrons. The summed E-state index contributed by atoms with van der Waals surface area (Å²) in [5, 5.41) is 11.4. The number of hydrogen-bond donors (Lipinski definition) is 1. The van der Waals surface area contributed by atoms with Gasteiger partial charge in [0.05, 0.1) is 0 Å². The third-order valence-electron chi connectivity index (χ3n) is 1.79. The van der Waals surface area contributed by atoms with Crippen LogP contribution in [0, 0.1) is 0 Å². The predicted molar refractivity (Wildman–Crippen MR) is 47.7 cm³/mol. The Morgan fingerprint density at radius 2 is 1.92 bits per heavy atom. The van der Waals surface area contributed by atoms with Crippen LogP contribution in [0.4, 0.5) is 0 Å². The first-order valence-corrected chi connectivity index (χ1v) is 4.09. The zero-order chi connectivity index (χ0) is 9.56. The quantitative estimate of drug-likeness (QED) is 0.378. The van der Waals surface area contributed by atoms with Crippen LogP contribution in [-0.4, -0.2) is 41.2 Å². The molecule has 4 nitrogen and oxygen atoms in total. The van der Waals surface area contributed by atoms with Gasteiger partial charge >= 0.3 is 0 Å². The Bertz CT molecular complexity index is 174. The Kier molecular flexibility index (Phi) is 5.28. The van der Waals surface area contributed by atoms with Gasteiger partial charge in [-0.15, -0.1) is 0 Å². The summed E-state index contributed by atoms with van der Waals surface area (Å²) in [4.78, 5) is 12.8. The van der Waals surface area contributed by atoms with Crippen molar-refractivity contribution < 1.29 is 10.0 Å². The molecular formula is C8H16N2O2. The number of carbonyl (C=O) groups is 1. The molecule has 0 bridgehead atoms. The van der Waals surface area contributed by atoms with E-state index in [0.29, 0.717) is 6.54 Å². The van der Waals surface area contributed by atoms with Gasteiger partial charge in [-0.25, -0.2) is 0 Å². The minimum atomic E-state index is -0.176. The van der Waals surface area contributed by atoms with Crippen LogP contribution < -0.4 is 0 Å². The van der Waals surface area contributed by atoms with Gasteiger partial charge in [0, 0.05) is 13.5 Å². The Hall–Kier alpha value is -0.900. The smallest absolute Gasteiger partial charge is 0.178 e. The fourth-order valence-corrected chi connectivity index (χ4v) is 0.872. The van der Waals surface area contributed by atoms with Crippen molar-refractivity contribution in [3.63, 3.8) is 0 Å². The van der Waals surface area contributed by atoms with Gasteiger partial charge < -0.3 is 5.21 Å². The maximum absolute atomic E-state index is 10.8. The number of rotatable bonds is 5. The van der Waals surface area contributed by atoms with Crippen LogP contribution in [0.25, 0.3) is 0 Å². The van der Waals surface area contributed by atoms with E-state index < -0.39 is 0 Å². The zero-order valence-electron chi connectivity index (χ0n) is 7.87. The van der Waals surface area contributed by atoms with E-state index in [1.807, 2.05) is 18.7 Å². The van der Waals surface area contributed by atoms with E-state index in [9.17, 15) is 4.79 Å². The van der Waals surface area contributed by atoms with E-state index in [1.54, 1.807) is 0 Å². The second-order valence-corrected chi connectivity index (χ2v) is 2.56. The summed E-state index contributed by atoms with van der Waals surface area (Å²) in [6, 6.07) is 0. The number of hydrogen-bond acceptors (Lipinski definition) is 4. The van der Waals surface area contributed by atoms with Gasteiger partial charge in [-0.05, 0) is 13.1 Å². The van der Waals surface area contributed by atoms with E-state index in [-0.39, 0.29) is 11.5 Å². The molecule has 0 atom stereocenters. The molecule has 70 valence electrons. The minimum absolute atomic E-state index is 0.176. The third-order valence-corrected chi connectivity index (χ3v) is 1.79. The summed E-state index contributed by atoms with van der Waals surface area (Å²) in [5.41, 5.74) is 0.221. The summed E-state index contributed by atoms with van der Waals surface area (Å²) in [5.74, 6) is -0.176. The molecule has 4 heteroatoms. The third kappa shape index (κ3) is 3.48. The van der Waals surface area contributed by atoms with Crippen LogP contribution in [0.15, 0.2) is 5.16 Å². The molecule has 0 aromatic heterocycles. The van der Waals surface area contributed by atoms with Crippen LogP contribution >= 0.6 is 0 Å². The van der Waals surface area contributed by atoms with Gasteiger partial charge in [0.2, 0.25) is 0 Å². The second kappa shape index (κ2) is 5.71. The molecule has 0 aromatic rings. The lowest BCUT2D eigenvalue weighted by atomic mass is 10.2. The topological polar surface area (TPSA) is 52.9 Å². The molecule has 0 saturated heterocycles. The van der Waals surface area contributed by atoms with Crippen molar-refractivity contribution in [1.29, 1.82) is 0 Å². The summed E-state index contributed by atoms with van der Waals surface area (Å²) in [6.07, 6.45) is 0. The molecule has 0 aliphatic carbocycles. The first-order valence-electron chi connectivity index (χ1n) is 4.09. The lowest BCUT2D eigenvalue weighted by Gasteiger charge is -2.16. The molecule has 0 amide bonds. The number of nitrogens with zero attached hydrogens (tertiary/aromatic N) is 2. The van der Waals surface area contributed by atoms with Crippen molar-refractivity contribution in [2.24, 2.45) is 5.16 Å². The Morgan fingerprint density at radius 1 is 1.42 bits per heavy atom. The van der Waals surface area contributed by atoms with E-state index in [1.165, 1.54) is 6.92 Å². The van der Waals surface area contributed by atoms with E-state index in [2.05, 4.69) is 5.16 Å². The molecule has 12 heavy (non-hydrogen) atoms. The van der Waals surface area contributed by atoms with Crippen molar-refractivity contribution in [3.8, 4) is 0 Å². The maximum atomic E-state index is 10.8. The lowest BCUT2D eigenvalue weighted by Crippen LogP contribution is -2.32. The summed E-state index contributed by atoms with van der Waals surface area (Å²) < 4.78 is 0. The standard InChI is InChI=1S/C8H16N2O2/c1-4-10(5-2)6-8(9-12)7(3)11/h12H,4-6H2,1-3H3/b9-8+. The molecule has 0 rings (SSSR count). The highest BCUT2D eigenvalue weighted by molar-refractivity contribution is 6.39. The second-order valence-electron chi connectivity index (χ2n) is 2.56. The van der Waals surface area contributed by atoms with Crippen molar-refractivity contribution in [1.82, 2.24) is 4.90 Å². The van der Waals surface area contributed by atoms with Crippen LogP contribution in [0.1, 0.15) is 20.8 Å². The molecule has 1 N–H and O–H groups in total. The van der Waals surface area contributed by atoms with Crippen molar-refractivity contribution >= 4 is 11.5 Å². The fourth-order valence-electron chi connectivity index (χ4n) is 0.872. The molecule has 0 aromatic carbocycles. The van der Waals surface area contributed by atoms with E-state index >= 15 is 0 Å². The highest BCUT2D eigenvalue weighted by Crippen LogP contribution is 1.90. The van der Waals surface area contributed by atoms with E-state index in [0.717, 1.165) is 13.1 Å². The minimum Gasteiger partial charge on any atom is -0.411 e. The molecule has 0 spiro atoms. The fraction of sp³-hybridized carbons (Fsp3) is 0.750. The molecule has 0 heterocycles. The average molecular weight is 172 g/mol. The zero-order valence-corrected chi connectivity index (χ0v) is 7.87. The van der Waals surface area contributed by atoms with Crippen LogP contribution in [0.5, 0.6) is 0 Å². The molecular weight excluding hydrogens is 156 g/mol. The van der Waals surface area contributed by atoms with Gasteiger partial charge in [-0.2, -0.15) is 0 Å². The van der Waals surface area contributed by atoms with Crippen molar-refractivity contribution in [2.45, 2.75) is 20.8 Å². The number of Topliss-reactive ketones (excluding diaryl/α,β-unsaturated/α-hetero) is 1. The normalized spacial score (nSPS) is 12.2. The molecule has 0 aliphatic heterocycles. The van der Waals surface area contributed by atoms with Gasteiger partial charge in [0.15, 0.2) is 5.78 Å². The molecule has 0 saturated carbocycles. The van der Waals surface area contributed by atoms with Gasteiger partial charge in [0.1, 0.15) is 5.71 Å². The summed E-state index contributed by atoms with van der Waals surface area (Å²) in [7, 11) is 0. The number of oxime groups is 1. The van der Waals surface area contributed by atoms with Crippen LogP contribution in [-0.2, 0) is 4.79 Å². The Labute approximate surface area is 72.9 Å². The number of carbonyl (C=O) groups excluding carboxylic acids is 1. The van der Waals surface area contributed by atoms with Crippen LogP contribution in [0.3, 0.4) is 0 Å².